The number of likely N-dealkylation sites (tertiary alicyclic amines) is 1. The Bertz CT molecular complexity index is 836. The van der Waals surface area contributed by atoms with Gasteiger partial charge in [0, 0.05) is 25.1 Å². The van der Waals surface area contributed by atoms with E-state index in [9.17, 15) is 9.59 Å². The summed E-state index contributed by atoms with van der Waals surface area (Å²) in [5.41, 5.74) is 0.894. The molecule has 5 heteroatoms. The van der Waals surface area contributed by atoms with Crippen molar-refractivity contribution in [2.75, 3.05) is 12.4 Å². The van der Waals surface area contributed by atoms with Crippen LogP contribution in [0.5, 0.6) is 5.75 Å². The average Bonchev–Trinajstić information content (AvgIpc) is 2.61. The first kappa shape index (κ1) is 15.7. The topological polar surface area (TPSA) is 58.6 Å². The van der Waals surface area contributed by atoms with E-state index in [-0.39, 0.29) is 17.7 Å². The van der Waals surface area contributed by atoms with Crippen LogP contribution < -0.4 is 10.1 Å². The lowest BCUT2D eigenvalue weighted by atomic mass is 9.73. The Kier molecular flexibility index (Phi) is 3.53. The molecule has 2 amide bonds. The largest absolute Gasteiger partial charge is 0.468 e. The molecule has 0 saturated carbocycles. The van der Waals surface area contributed by atoms with Crippen molar-refractivity contribution in [3.63, 3.8) is 0 Å². The average molecular weight is 336 g/mol. The molecule has 0 aromatic heterocycles. The quantitative estimate of drug-likeness (QED) is 0.858. The van der Waals surface area contributed by atoms with Gasteiger partial charge in [-0.25, -0.2) is 0 Å². The Hall–Kier alpha value is -2.82. The maximum absolute atomic E-state index is 13.0. The summed E-state index contributed by atoms with van der Waals surface area (Å²) in [5, 5.41) is 2.88. The van der Waals surface area contributed by atoms with Crippen molar-refractivity contribution in [1.82, 2.24) is 4.90 Å². The zero-order chi connectivity index (χ0) is 17.6. The molecule has 3 atom stereocenters. The van der Waals surface area contributed by atoms with E-state index in [1.807, 2.05) is 61.5 Å². The molecule has 0 radical (unpaired) electrons. The van der Waals surface area contributed by atoms with Crippen LogP contribution >= 0.6 is 0 Å². The highest BCUT2D eigenvalue weighted by Gasteiger charge is 2.54. The fourth-order valence-corrected chi connectivity index (χ4v) is 3.83. The van der Waals surface area contributed by atoms with Crippen LogP contribution in [0.1, 0.15) is 24.8 Å². The zero-order valence-electron chi connectivity index (χ0n) is 14.2. The molecule has 2 aromatic carbocycles. The second kappa shape index (κ2) is 5.62. The number of piperidine rings is 1. The van der Waals surface area contributed by atoms with Gasteiger partial charge in [-0.05, 0) is 30.7 Å². The number of para-hydroxylation sites is 2. The van der Waals surface area contributed by atoms with Gasteiger partial charge in [0.2, 0.25) is 11.8 Å². The van der Waals surface area contributed by atoms with Crippen molar-refractivity contribution in [2.24, 2.45) is 5.92 Å². The molecule has 128 valence electrons. The minimum absolute atomic E-state index is 0.192. The van der Waals surface area contributed by atoms with Gasteiger partial charge in [-0.15, -0.1) is 0 Å². The molecule has 2 aromatic rings. The van der Waals surface area contributed by atoms with Crippen LogP contribution in [-0.4, -0.2) is 29.5 Å². The number of hydrogen-bond acceptors (Lipinski definition) is 3. The molecule has 4 rings (SSSR count). The Morgan fingerprint density at radius 1 is 1.16 bits per heavy atom. The van der Waals surface area contributed by atoms with Gasteiger partial charge in [-0.2, -0.15) is 0 Å². The highest BCUT2D eigenvalue weighted by Crippen LogP contribution is 2.49. The van der Waals surface area contributed by atoms with E-state index in [0.29, 0.717) is 12.1 Å². The van der Waals surface area contributed by atoms with E-state index in [0.717, 1.165) is 11.3 Å². The highest BCUT2D eigenvalue weighted by atomic mass is 16.5. The number of nitrogens with one attached hydrogen (secondary N) is 1. The molecule has 5 nitrogen and oxygen atoms in total. The number of benzene rings is 2. The first-order chi connectivity index (χ1) is 12.0. The lowest BCUT2D eigenvalue weighted by Gasteiger charge is -2.51. The van der Waals surface area contributed by atoms with Gasteiger partial charge in [0.25, 0.3) is 0 Å². The number of ether oxygens (including phenoxy) is 1. The van der Waals surface area contributed by atoms with Crippen LogP contribution in [0.25, 0.3) is 0 Å². The molecule has 0 unspecified atom stereocenters. The third-order valence-electron chi connectivity index (χ3n) is 5.28. The molecule has 2 heterocycles. The molecule has 0 aliphatic carbocycles. The summed E-state index contributed by atoms with van der Waals surface area (Å²) in [7, 11) is 1.70. The Balaban J connectivity index is 1.73. The van der Waals surface area contributed by atoms with Crippen LogP contribution in [-0.2, 0) is 9.59 Å². The van der Waals surface area contributed by atoms with Crippen LogP contribution in [0.3, 0.4) is 0 Å². The summed E-state index contributed by atoms with van der Waals surface area (Å²) in [6.07, 6.45) is 0.596. The lowest BCUT2D eigenvalue weighted by molar-refractivity contribution is -0.170. The maximum Gasteiger partial charge on any atom is 0.238 e. The van der Waals surface area contributed by atoms with Crippen molar-refractivity contribution in [1.29, 1.82) is 0 Å². The van der Waals surface area contributed by atoms with Gasteiger partial charge < -0.3 is 15.0 Å². The fraction of sp³-hybridized carbons (Fsp3) is 0.300. The Morgan fingerprint density at radius 3 is 2.60 bits per heavy atom. The summed E-state index contributed by atoms with van der Waals surface area (Å²) in [6, 6.07) is 16.9. The first-order valence-corrected chi connectivity index (χ1v) is 8.41. The molecular formula is C20H20N2O3. The summed E-state index contributed by atoms with van der Waals surface area (Å²) in [5.74, 6) is -0.683. The first-order valence-electron chi connectivity index (χ1n) is 8.41. The molecular weight excluding hydrogens is 316 g/mol. The second-order valence-electron chi connectivity index (χ2n) is 6.86. The van der Waals surface area contributed by atoms with E-state index < -0.39 is 11.6 Å². The maximum atomic E-state index is 13.0. The zero-order valence-corrected chi connectivity index (χ0v) is 14.2. The van der Waals surface area contributed by atoms with E-state index in [2.05, 4.69) is 5.32 Å². The van der Waals surface area contributed by atoms with Crippen LogP contribution in [0.2, 0.25) is 0 Å². The molecule has 2 bridgehead atoms. The summed E-state index contributed by atoms with van der Waals surface area (Å²) in [6.45, 7) is 1.90. The van der Waals surface area contributed by atoms with Gasteiger partial charge >= 0.3 is 0 Å². The monoisotopic (exact) mass is 336 g/mol. The molecule has 1 N–H and O–H groups in total. The molecule has 25 heavy (non-hydrogen) atoms. The van der Waals surface area contributed by atoms with E-state index in [4.69, 9.17) is 4.74 Å². The number of hydrogen-bond donors (Lipinski definition) is 1. The molecule has 1 fully saturated rings. The molecule has 0 spiro atoms. The minimum Gasteiger partial charge on any atom is -0.468 e. The Labute approximate surface area is 146 Å². The predicted octanol–water partition coefficient (Wildman–Crippen LogP) is 3.00. The van der Waals surface area contributed by atoms with E-state index in [1.165, 1.54) is 0 Å². The third kappa shape index (κ3) is 2.47. The van der Waals surface area contributed by atoms with Gasteiger partial charge in [-0.1, -0.05) is 36.4 Å². The number of carbonyl (C=O) groups excluding carboxylic acids is 2. The van der Waals surface area contributed by atoms with Gasteiger partial charge in [-0.3, -0.25) is 9.59 Å². The van der Waals surface area contributed by atoms with Crippen molar-refractivity contribution >= 4 is 17.5 Å². The Morgan fingerprint density at radius 2 is 1.84 bits per heavy atom. The van der Waals surface area contributed by atoms with Crippen LogP contribution in [0.15, 0.2) is 54.6 Å². The number of carbonyl (C=O) groups is 2. The van der Waals surface area contributed by atoms with Crippen molar-refractivity contribution in [3.05, 3.63) is 60.2 Å². The molecule has 1 saturated heterocycles. The van der Waals surface area contributed by atoms with Crippen molar-refractivity contribution in [2.45, 2.75) is 25.0 Å². The van der Waals surface area contributed by atoms with Gasteiger partial charge in [0.05, 0.1) is 0 Å². The van der Waals surface area contributed by atoms with Crippen molar-refractivity contribution in [3.8, 4) is 5.75 Å². The lowest BCUT2D eigenvalue weighted by Crippen LogP contribution is -2.62. The van der Waals surface area contributed by atoms with Crippen LogP contribution in [0.4, 0.5) is 5.69 Å². The van der Waals surface area contributed by atoms with E-state index in [1.54, 1.807) is 11.9 Å². The summed E-state index contributed by atoms with van der Waals surface area (Å²) >= 11 is 0. The van der Waals surface area contributed by atoms with Gasteiger partial charge in [0.15, 0.2) is 5.72 Å². The number of nitrogens with zero attached hydrogens (tertiary/aromatic N) is 1. The number of rotatable bonds is 2. The van der Waals surface area contributed by atoms with Crippen molar-refractivity contribution < 1.29 is 14.3 Å². The normalized spacial score (nSPS) is 27.3. The summed E-state index contributed by atoms with van der Waals surface area (Å²) < 4.78 is 6.09. The van der Waals surface area contributed by atoms with Crippen LogP contribution in [0, 0.1) is 5.92 Å². The standard InChI is InChI=1S/C20H20N2O3/c1-20-12-15(14-10-6-7-11-16(14)25-20)17(19(24)22(20)2)18(23)21-13-8-4-3-5-9-13/h3-11,15,17H,12H2,1-2H3,(H,21,23)/t15-,17+,20+/m0/s1. The fourth-order valence-electron chi connectivity index (χ4n) is 3.83. The molecule has 2 aliphatic heterocycles. The number of fused-ring (bicyclic) bond motifs is 4. The van der Waals surface area contributed by atoms with Gasteiger partial charge in [0.1, 0.15) is 11.7 Å². The smallest absolute Gasteiger partial charge is 0.238 e. The predicted molar refractivity (Wildman–Crippen MR) is 94.2 cm³/mol. The molecule has 2 aliphatic rings. The second-order valence-corrected chi connectivity index (χ2v) is 6.86. The minimum atomic E-state index is -0.761. The number of anilines is 1. The third-order valence-corrected chi connectivity index (χ3v) is 5.28. The summed E-state index contributed by atoms with van der Waals surface area (Å²) in [4.78, 5) is 27.5. The SMILES string of the molecule is CN1C(=O)[C@@H](C(=O)Nc2ccccc2)[C@H]2C[C@@]1(C)Oc1ccccc12. The van der Waals surface area contributed by atoms with E-state index >= 15 is 0 Å². The highest BCUT2D eigenvalue weighted by molar-refractivity contribution is 6.08. The number of amides is 2.